The van der Waals surface area contributed by atoms with Crippen LogP contribution in [0.2, 0.25) is 0 Å². The molecule has 1 aliphatic heterocycles. The Bertz CT molecular complexity index is 286. The van der Waals surface area contributed by atoms with E-state index in [0.29, 0.717) is 6.10 Å². The van der Waals surface area contributed by atoms with Gasteiger partial charge in [-0.15, -0.1) is 0 Å². The lowest BCUT2D eigenvalue weighted by Gasteiger charge is -2.16. The van der Waals surface area contributed by atoms with Crippen LogP contribution in [0.15, 0.2) is 24.3 Å². The van der Waals surface area contributed by atoms with E-state index in [-0.39, 0.29) is 0 Å². The Kier molecular flexibility index (Phi) is 3.62. The molecule has 1 N–H and O–H groups in total. The molecule has 1 aliphatic rings. The molecule has 2 heteroatoms. The molecule has 0 aromatic heterocycles. The molecule has 1 atom stereocenters. The summed E-state index contributed by atoms with van der Waals surface area (Å²) in [6.07, 6.45) is 3.90. The van der Waals surface area contributed by atoms with Crippen LogP contribution in [0.5, 0.6) is 5.75 Å². The predicted octanol–water partition coefficient (Wildman–Crippen LogP) is 2.52. The first-order valence-electron chi connectivity index (χ1n) is 5.78. The summed E-state index contributed by atoms with van der Waals surface area (Å²) in [5.74, 6) is 1.01. The van der Waals surface area contributed by atoms with E-state index in [1.165, 1.54) is 18.4 Å². The van der Waals surface area contributed by atoms with Gasteiger partial charge in [-0.1, -0.05) is 17.7 Å². The second-order valence-electron chi connectivity index (χ2n) is 4.23. The van der Waals surface area contributed by atoms with E-state index in [1.54, 1.807) is 0 Å². The van der Waals surface area contributed by atoms with Gasteiger partial charge in [-0.3, -0.25) is 0 Å². The maximum atomic E-state index is 5.95. The molecule has 1 heterocycles. The number of rotatable bonds is 2. The predicted molar refractivity (Wildman–Crippen MR) is 62.3 cm³/mol. The molecule has 0 radical (unpaired) electrons. The molecular weight excluding hydrogens is 186 g/mol. The summed E-state index contributed by atoms with van der Waals surface area (Å²) >= 11 is 0. The highest BCUT2D eigenvalue weighted by atomic mass is 16.5. The third-order valence-electron chi connectivity index (χ3n) is 2.85. The van der Waals surface area contributed by atoms with Crippen molar-refractivity contribution < 1.29 is 4.74 Å². The van der Waals surface area contributed by atoms with Crippen molar-refractivity contribution >= 4 is 0 Å². The van der Waals surface area contributed by atoms with Gasteiger partial charge < -0.3 is 10.1 Å². The summed E-state index contributed by atoms with van der Waals surface area (Å²) in [5, 5.41) is 3.39. The Morgan fingerprint density at radius 3 is 2.73 bits per heavy atom. The summed E-state index contributed by atoms with van der Waals surface area (Å²) < 4.78 is 5.95. The molecule has 1 unspecified atom stereocenters. The van der Waals surface area contributed by atoms with Crippen LogP contribution in [0.25, 0.3) is 0 Å². The second-order valence-corrected chi connectivity index (χ2v) is 4.23. The van der Waals surface area contributed by atoms with Gasteiger partial charge in [-0.05, 0) is 51.4 Å². The van der Waals surface area contributed by atoms with E-state index in [1.807, 2.05) is 0 Å². The lowest BCUT2D eigenvalue weighted by atomic mass is 10.1. The number of hydrogen-bond donors (Lipinski definition) is 1. The highest BCUT2D eigenvalue weighted by Gasteiger charge is 2.12. The average Bonchev–Trinajstić information content (AvgIpc) is 2.50. The third kappa shape index (κ3) is 3.24. The first-order chi connectivity index (χ1) is 7.34. The molecule has 0 bridgehead atoms. The SMILES string of the molecule is Cc1ccc(OC2CCCNCC2)cc1. The molecule has 0 aliphatic carbocycles. The minimum Gasteiger partial charge on any atom is -0.490 e. The zero-order chi connectivity index (χ0) is 10.5. The van der Waals surface area contributed by atoms with Crippen LogP contribution in [-0.2, 0) is 0 Å². The van der Waals surface area contributed by atoms with Crippen molar-refractivity contribution in [2.75, 3.05) is 13.1 Å². The van der Waals surface area contributed by atoms with Crippen LogP contribution < -0.4 is 10.1 Å². The average molecular weight is 205 g/mol. The molecule has 1 aromatic carbocycles. The van der Waals surface area contributed by atoms with Gasteiger partial charge in [0.1, 0.15) is 5.75 Å². The first-order valence-corrected chi connectivity index (χ1v) is 5.78. The smallest absolute Gasteiger partial charge is 0.119 e. The monoisotopic (exact) mass is 205 g/mol. The fourth-order valence-electron chi connectivity index (χ4n) is 1.91. The highest BCUT2D eigenvalue weighted by Crippen LogP contribution is 2.17. The zero-order valence-corrected chi connectivity index (χ0v) is 9.33. The standard InChI is InChI=1S/C13H19NO/c1-11-4-6-13(7-5-11)15-12-3-2-9-14-10-8-12/h4-7,12,14H,2-3,8-10H2,1H3. The Morgan fingerprint density at radius 1 is 1.13 bits per heavy atom. The van der Waals surface area contributed by atoms with E-state index >= 15 is 0 Å². The van der Waals surface area contributed by atoms with Crippen molar-refractivity contribution in [1.82, 2.24) is 5.32 Å². The van der Waals surface area contributed by atoms with Gasteiger partial charge in [0.05, 0.1) is 6.10 Å². The summed E-state index contributed by atoms with van der Waals surface area (Å²) in [7, 11) is 0. The Morgan fingerprint density at radius 2 is 1.93 bits per heavy atom. The Balaban J connectivity index is 1.92. The van der Waals surface area contributed by atoms with Crippen LogP contribution in [-0.4, -0.2) is 19.2 Å². The maximum Gasteiger partial charge on any atom is 0.119 e. The van der Waals surface area contributed by atoms with E-state index in [9.17, 15) is 0 Å². The van der Waals surface area contributed by atoms with Gasteiger partial charge in [0.15, 0.2) is 0 Å². The molecule has 82 valence electrons. The molecule has 0 spiro atoms. The van der Waals surface area contributed by atoms with E-state index in [4.69, 9.17) is 4.74 Å². The highest BCUT2D eigenvalue weighted by molar-refractivity contribution is 5.26. The molecule has 2 rings (SSSR count). The zero-order valence-electron chi connectivity index (χ0n) is 9.33. The van der Waals surface area contributed by atoms with Gasteiger partial charge in [-0.25, -0.2) is 0 Å². The van der Waals surface area contributed by atoms with Crippen molar-refractivity contribution in [3.05, 3.63) is 29.8 Å². The fraction of sp³-hybridized carbons (Fsp3) is 0.538. The summed E-state index contributed by atoms with van der Waals surface area (Å²) in [6, 6.07) is 8.33. The van der Waals surface area contributed by atoms with Crippen LogP contribution in [0.4, 0.5) is 0 Å². The van der Waals surface area contributed by atoms with Crippen molar-refractivity contribution in [3.63, 3.8) is 0 Å². The maximum absolute atomic E-state index is 5.95. The quantitative estimate of drug-likeness (QED) is 0.801. The molecule has 1 aromatic rings. The van der Waals surface area contributed by atoms with E-state index in [2.05, 4.69) is 36.5 Å². The fourth-order valence-corrected chi connectivity index (χ4v) is 1.91. The molecule has 1 saturated heterocycles. The van der Waals surface area contributed by atoms with Gasteiger partial charge in [0.25, 0.3) is 0 Å². The summed E-state index contributed by atoms with van der Waals surface area (Å²) in [6.45, 7) is 4.31. The Hall–Kier alpha value is -1.02. The normalized spacial score (nSPS) is 22.1. The molecule has 1 fully saturated rings. The van der Waals surface area contributed by atoms with E-state index in [0.717, 1.165) is 25.3 Å². The topological polar surface area (TPSA) is 21.3 Å². The number of aryl methyl sites for hydroxylation is 1. The van der Waals surface area contributed by atoms with Gasteiger partial charge >= 0.3 is 0 Å². The molecule has 0 amide bonds. The Labute approximate surface area is 91.6 Å². The van der Waals surface area contributed by atoms with Crippen LogP contribution in [0, 0.1) is 6.92 Å². The second kappa shape index (κ2) is 5.17. The molecular formula is C13H19NO. The van der Waals surface area contributed by atoms with Crippen LogP contribution in [0.1, 0.15) is 24.8 Å². The van der Waals surface area contributed by atoms with Crippen molar-refractivity contribution in [2.45, 2.75) is 32.3 Å². The molecule has 15 heavy (non-hydrogen) atoms. The lowest BCUT2D eigenvalue weighted by molar-refractivity contribution is 0.187. The first kappa shape index (κ1) is 10.5. The molecule has 0 saturated carbocycles. The summed E-state index contributed by atoms with van der Waals surface area (Å²) in [4.78, 5) is 0. The van der Waals surface area contributed by atoms with Gasteiger partial charge in [-0.2, -0.15) is 0 Å². The number of nitrogens with one attached hydrogen (secondary N) is 1. The molecule has 2 nitrogen and oxygen atoms in total. The largest absolute Gasteiger partial charge is 0.490 e. The van der Waals surface area contributed by atoms with E-state index < -0.39 is 0 Å². The minimum absolute atomic E-state index is 0.391. The number of benzene rings is 1. The van der Waals surface area contributed by atoms with Crippen molar-refractivity contribution in [3.8, 4) is 5.75 Å². The summed E-state index contributed by atoms with van der Waals surface area (Å²) in [5.41, 5.74) is 1.28. The van der Waals surface area contributed by atoms with Crippen molar-refractivity contribution in [2.24, 2.45) is 0 Å². The number of ether oxygens (including phenoxy) is 1. The minimum atomic E-state index is 0.391. The van der Waals surface area contributed by atoms with Gasteiger partial charge in [0.2, 0.25) is 0 Å². The van der Waals surface area contributed by atoms with Crippen LogP contribution >= 0.6 is 0 Å². The number of hydrogen-bond acceptors (Lipinski definition) is 2. The van der Waals surface area contributed by atoms with Crippen LogP contribution in [0.3, 0.4) is 0 Å². The third-order valence-corrected chi connectivity index (χ3v) is 2.85. The lowest BCUT2D eigenvalue weighted by Crippen LogP contribution is -2.19. The van der Waals surface area contributed by atoms with Crippen molar-refractivity contribution in [1.29, 1.82) is 0 Å². The van der Waals surface area contributed by atoms with Gasteiger partial charge in [0, 0.05) is 0 Å².